The lowest BCUT2D eigenvalue weighted by molar-refractivity contribution is -0.127. The number of halogens is 1. The summed E-state index contributed by atoms with van der Waals surface area (Å²) >= 11 is 6.85. The van der Waals surface area contributed by atoms with Crippen LogP contribution in [0.4, 0.5) is 10.5 Å². The van der Waals surface area contributed by atoms with E-state index in [0.29, 0.717) is 43.1 Å². The molecule has 0 aromatic heterocycles. The van der Waals surface area contributed by atoms with E-state index in [-0.39, 0.29) is 27.8 Å². The van der Waals surface area contributed by atoms with E-state index in [1.807, 2.05) is 26.8 Å². The molecule has 3 rings (SSSR count). The van der Waals surface area contributed by atoms with Crippen LogP contribution in [0.1, 0.15) is 48.7 Å². The van der Waals surface area contributed by atoms with Gasteiger partial charge in [0.05, 0.1) is 35.3 Å². The number of thioether (sulfide) groups is 1. The molecule has 1 fully saturated rings. The van der Waals surface area contributed by atoms with E-state index >= 15 is 0 Å². The molecule has 1 aliphatic rings. The first kappa shape index (κ1) is 30.8. The minimum absolute atomic E-state index is 0.0969. The van der Waals surface area contributed by atoms with Crippen LogP contribution in [-0.4, -0.2) is 54.3 Å². The third kappa shape index (κ3) is 7.67. The van der Waals surface area contributed by atoms with Crippen LogP contribution >= 0.6 is 23.4 Å². The van der Waals surface area contributed by atoms with Crippen molar-refractivity contribution in [2.75, 3.05) is 31.7 Å². The highest BCUT2D eigenvalue weighted by Gasteiger charge is 2.36. The maximum absolute atomic E-state index is 13.1. The average Bonchev–Trinajstić information content (AvgIpc) is 3.17. The Labute approximate surface area is 242 Å². The lowest BCUT2D eigenvalue weighted by atomic mass is 10.0. The molecule has 0 saturated carbocycles. The molecule has 1 N–H and O–H groups in total. The number of esters is 1. The fourth-order valence-electron chi connectivity index (χ4n) is 3.81. The molecule has 9 nitrogen and oxygen atoms in total. The van der Waals surface area contributed by atoms with Crippen molar-refractivity contribution in [3.05, 3.63) is 69.6 Å². The molecule has 2 aromatic rings. The SMILES string of the molecule is C=CCc1cc(/C=C2/SC(=O)N(CC(=O)Nc3ccc(Cl)c(C(=O)OCCC)c3)C2=O)cc(OCC)c1OCC. The standard InChI is InChI=1S/C29H31ClN2O7S/c1-5-9-19-13-18(14-23(37-7-3)26(19)38-8-4)15-24-27(34)32(29(36)40-24)17-25(33)31-20-10-11-22(30)21(16-20)28(35)39-12-6-2/h5,10-11,13-16H,1,6-9,12,17H2,2-4H3,(H,31,33)/b24-15+. The van der Waals surface area contributed by atoms with Crippen molar-refractivity contribution >= 4 is 58.1 Å². The predicted octanol–water partition coefficient (Wildman–Crippen LogP) is 6.11. The lowest BCUT2D eigenvalue weighted by Gasteiger charge is -2.16. The molecule has 0 radical (unpaired) electrons. The van der Waals surface area contributed by atoms with Crippen LogP contribution in [0.15, 0.2) is 47.9 Å². The third-order valence-corrected chi connectivity index (χ3v) is 6.72. The molecule has 1 aliphatic heterocycles. The van der Waals surface area contributed by atoms with Gasteiger partial charge in [-0.15, -0.1) is 6.58 Å². The number of rotatable bonds is 13. The highest BCUT2D eigenvalue weighted by Crippen LogP contribution is 2.37. The van der Waals surface area contributed by atoms with Crippen molar-refractivity contribution in [2.24, 2.45) is 0 Å². The summed E-state index contributed by atoms with van der Waals surface area (Å²) in [5.41, 5.74) is 1.84. The first-order valence-electron chi connectivity index (χ1n) is 12.8. The van der Waals surface area contributed by atoms with Gasteiger partial charge in [-0.05, 0) is 80.4 Å². The number of hydrogen-bond acceptors (Lipinski definition) is 8. The monoisotopic (exact) mass is 586 g/mol. The van der Waals surface area contributed by atoms with Gasteiger partial charge in [-0.2, -0.15) is 0 Å². The molecule has 0 spiro atoms. The zero-order chi connectivity index (χ0) is 29.2. The fourth-order valence-corrected chi connectivity index (χ4v) is 4.84. The van der Waals surface area contributed by atoms with E-state index in [1.165, 1.54) is 18.2 Å². The van der Waals surface area contributed by atoms with Crippen molar-refractivity contribution in [1.82, 2.24) is 4.90 Å². The van der Waals surface area contributed by atoms with E-state index in [0.717, 1.165) is 22.2 Å². The summed E-state index contributed by atoms with van der Waals surface area (Å²) in [5.74, 6) is -0.699. The van der Waals surface area contributed by atoms with Crippen LogP contribution in [0, 0.1) is 0 Å². The van der Waals surface area contributed by atoms with Crippen molar-refractivity contribution < 1.29 is 33.4 Å². The van der Waals surface area contributed by atoms with E-state index in [4.69, 9.17) is 25.8 Å². The van der Waals surface area contributed by atoms with Crippen molar-refractivity contribution in [1.29, 1.82) is 0 Å². The summed E-state index contributed by atoms with van der Waals surface area (Å²) in [5, 5.41) is 2.19. The molecule has 1 heterocycles. The van der Waals surface area contributed by atoms with Crippen LogP contribution in [0.2, 0.25) is 5.02 Å². The first-order chi connectivity index (χ1) is 19.2. The van der Waals surface area contributed by atoms with Gasteiger partial charge in [0.25, 0.3) is 11.1 Å². The van der Waals surface area contributed by atoms with E-state index in [2.05, 4.69) is 11.9 Å². The predicted molar refractivity (Wildman–Crippen MR) is 156 cm³/mol. The molecule has 3 amide bonds. The highest BCUT2D eigenvalue weighted by atomic mass is 35.5. The number of nitrogens with zero attached hydrogens (tertiary/aromatic N) is 1. The number of allylic oxidation sites excluding steroid dienone is 1. The number of imide groups is 1. The lowest BCUT2D eigenvalue weighted by Crippen LogP contribution is -2.36. The Morgan fingerprint density at radius 3 is 2.52 bits per heavy atom. The molecule has 0 bridgehead atoms. The van der Waals surface area contributed by atoms with Gasteiger partial charge in [0.15, 0.2) is 11.5 Å². The molecule has 0 atom stereocenters. The van der Waals surface area contributed by atoms with Gasteiger partial charge < -0.3 is 19.5 Å². The average molecular weight is 587 g/mol. The second-order valence-electron chi connectivity index (χ2n) is 8.51. The van der Waals surface area contributed by atoms with E-state index < -0.39 is 29.6 Å². The summed E-state index contributed by atoms with van der Waals surface area (Å²) in [4.78, 5) is 51.7. The normalized spacial score (nSPS) is 13.9. The molecule has 212 valence electrons. The number of carbonyl (C=O) groups excluding carboxylic acids is 4. The van der Waals surface area contributed by atoms with Gasteiger partial charge in [-0.25, -0.2) is 4.79 Å². The van der Waals surface area contributed by atoms with Crippen LogP contribution in [-0.2, 0) is 20.7 Å². The Bertz CT molecular complexity index is 1340. The number of benzene rings is 2. The summed E-state index contributed by atoms with van der Waals surface area (Å²) < 4.78 is 16.7. The Morgan fingerprint density at radius 2 is 1.85 bits per heavy atom. The van der Waals surface area contributed by atoms with Crippen molar-refractivity contribution in [3.8, 4) is 11.5 Å². The first-order valence-corrected chi connectivity index (χ1v) is 14.0. The molecule has 1 saturated heterocycles. The van der Waals surface area contributed by atoms with E-state index in [1.54, 1.807) is 18.2 Å². The Balaban J connectivity index is 1.77. The number of nitrogens with one attached hydrogen (secondary N) is 1. The second kappa shape index (κ2) is 14.6. The van der Waals surface area contributed by atoms with Crippen LogP contribution in [0.25, 0.3) is 6.08 Å². The minimum Gasteiger partial charge on any atom is -0.490 e. The topological polar surface area (TPSA) is 111 Å². The Kier molecular flexibility index (Phi) is 11.2. The zero-order valence-corrected chi connectivity index (χ0v) is 24.2. The van der Waals surface area contributed by atoms with E-state index in [9.17, 15) is 19.2 Å². The van der Waals surface area contributed by atoms with Crippen molar-refractivity contribution in [2.45, 2.75) is 33.6 Å². The number of anilines is 1. The largest absolute Gasteiger partial charge is 0.490 e. The van der Waals surface area contributed by atoms with Crippen LogP contribution in [0.5, 0.6) is 11.5 Å². The van der Waals surface area contributed by atoms with Crippen LogP contribution in [0.3, 0.4) is 0 Å². The minimum atomic E-state index is -0.619. The molecule has 2 aromatic carbocycles. The van der Waals surface area contributed by atoms with Crippen molar-refractivity contribution in [3.63, 3.8) is 0 Å². The number of ether oxygens (including phenoxy) is 3. The van der Waals surface area contributed by atoms with Gasteiger partial charge in [-0.3, -0.25) is 19.3 Å². The van der Waals surface area contributed by atoms with Gasteiger partial charge >= 0.3 is 5.97 Å². The summed E-state index contributed by atoms with van der Waals surface area (Å²) in [6.45, 7) is 9.98. The van der Waals surface area contributed by atoms with Gasteiger partial charge in [0, 0.05) is 11.3 Å². The molecule has 0 aliphatic carbocycles. The summed E-state index contributed by atoms with van der Waals surface area (Å²) in [6.07, 6.45) is 4.48. The second-order valence-corrected chi connectivity index (χ2v) is 9.91. The summed E-state index contributed by atoms with van der Waals surface area (Å²) in [7, 11) is 0. The number of hydrogen-bond donors (Lipinski definition) is 1. The van der Waals surface area contributed by atoms with Crippen LogP contribution < -0.4 is 14.8 Å². The molecular weight excluding hydrogens is 556 g/mol. The molecule has 40 heavy (non-hydrogen) atoms. The fraction of sp³-hybridized carbons (Fsp3) is 0.310. The van der Waals surface area contributed by atoms with Gasteiger partial charge in [-0.1, -0.05) is 24.6 Å². The zero-order valence-electron chi connectivity index (χ0n) is 22.6. The molecule has 0 unspecified atom stereocenters. The Hall–Kier alpha value is -3.76. The third-order valence-electron chi connectivity index (χ3n) is 5.49. The highest BCUT2D eigenvalue weighted by molar-refractivity contribution is 8.18. The maximum atomic E-state index is 13.1. The number of amides is 3. The molecule has 11 heteroatoms. The molecular formula is C29H31ClN2O7S. The quantitative estimate of drug-likeness (QED) is 0.170. The Morgan fingerprint density at radius 1 is 1.10 bits per heavy atom. The van der Waals surface area contributed by atoms with Gasteiger partial charge in [0.2, 0.25) is 5.91 Å². The smallest absolute Gasteiger partial charge is 0.339 e. The maximum Gasteiger partial charge on any atom is 0.339 e. The number of carbonyl (C=O) groups is 4. The summed E-state index contributed by atoms with van der Waals surface area (Å²) in [6, 6.07) is 7.93. The van der Waals surface area contributed by atoms with Gasteiger partial charge in [0.1, 0.15) is 6.54 Å².